The lowest BCUT2D eigenvalue weighted by Gasteiger charge is -2.12. The second kappa shape index (κ2) is 3.42. The molecule has 2 nitrogen and oxygen atoms in total. The predicted molar refractivity (Wildman–Crippen MR) is 48.6 cm³/mol. The molecule has 2 aromatic rings. The summed E-state index contributed by atoms with van der Waals surface area (Å²) in [7, 11) is 0. The zero-order valence-corrected chi connectivity index (χ0v) is 7.57. The largest absolute Gasteiger partial charge is 0.418 e. The Kier molecular flexibility index (Phi) is 2.22. The SMILES string of the molecule is FC(F)(F)c1ccncc1-n1cccc1. The highest BCUT2D eigenvalue weighted by Crippen LogP contribution is 2.32. The second-order valence-electron chi connectivity index (χ2n) is 2.98. The first-order valence-corrected chi connectivity index (χ1v) is 4.23. The van der Waals surface area contributed by atoms with Gasteiger partial charge in [-0.3, -0.25) is 4.98 Å². The Hall–Kier alpha value is -1.78. The van der Waals surface area contributed by atoms with Crippen molar-refractivity contribution in [2.24, 2.45) is 0 Å². The van der Waals surface area contributed by atoms with Crippen LogP contribution in [0, 0.1) is 0 Å². The first kappa shape index (κ1) is 9.76. The van der Waals surface area contributed by atoms with E-state index in [9.17, 15) is 13.2 Å². The van der Waals surface area contributed by atoms with Crippen molar-refractivity contribution in [2.75, 3.05) is 0 Å². The van der Waals surface area contributed by atoms with Gasteiger partial charge in [0.05, 0.1) is 17.4 Å². The number of hydrogen-bond acceptors (Lipinski definition) is 1. The van der Waals surface area contributed by atoms with Crippen LogP contribution in [0.5, 0.6) is 0 Å². The van der Waals surface area contributed by atoms with Gasteiger partial charge in [-0.1, -0.05) is 0 Å². The van der Waals surface area contributed by atoms with E-state index < -0.39 is 11.7 Å². The molecule has 0 spiro atoms. The molecule has 15 heavy (non-hydrogen) atoms. The van der Waals surface area contributed by atoms with Crippen molar-refractivity contribution in [3.05, 3.63) is 48.5 Å². The van der Waals surface area contributed by atoms with Gasteiger partial charge in [-0.2, -0.15) is 13.2 Å². The Morgan fingerprint density at radius 3 is 2.40 bits per heavy atom. The highest BCUT2D eigenvalue weighted by atomic mass is 19.4. The first-order valence-electron chi connectivity index (χ1n) is 4.23. The number of rotatable bonds is 1. The molecule has 0 aliphatic rings. The molecule has 2 aromatic heterocycles. The average molecular weight is 212 g/mol. The van der Waals surface area contributed by atoms with Crippen molar-refractivity contribution in [1.82, 2.24) is 9.55 Å². The van der Waals surface area contributed by atoms with Gasteiger partial charge in [-0.05, 0) is 18.2 Å². The van der Waals surface area contributed by atoms with Gasteiger partial charge in [0.25, 0.3) is 0 Å². The van der Waals surface area contributed by atoms with E-state index >= 15 is 0 Å². The molecule has 0 saturated carbocycles. The van der Waals surface area contributed by atoms with E-state index in [-0.39, 0.29) is 5.69 Å². The molecule has 5 heteroatoms. The van der Waals surface area contributed by atoms with E-state index in [4.69, 9.17) is 0 Å². The lowest BCUT2D eigenvalue weighted by atomic mass is 10.2. The minimum Gasteiger partial charge on any atom is -0.322 e. The summed E-state index contributed by atoms with van der Waals surface area (Å²) in [6, 6.07) is 4.29. The molecule has 0 aliphatic heterocycles. The van der Waals surface area contributed by atoms with Crippen LogP contribution in [0.25, 0.3) is 5.69 Å². The Morgan fingerprint density at radius 2 is 1.80 bits per heavy atom. The fourth-order valence-electron chi connectivity index (χ4n) is 1.33. The van der Waals surface area contributed by atoms with Gasteiger partial charge in [-0.15, -0.1) is 0 Å². The quantitative estimate of drug-likeness (QED) is 0.710. The number of pyridine rings is 1. The number of halogens is 3. The van der Waals surface area contributed by atoms with Crippen molar-refractivity contribution in [2.45, 2.75) is 6.18 Å². The van der Waals surface area contributed by atoms with Crippen LogP contribution in [0.1, 0.15) is 5.56 Å². The summed E-state index contributed by atoms with van der Waals surface area (Å²) in [6.07, 6.45) is 1.07. The molecular formula is C10H7F3N2. The summed E-state index contributed by atoms with van der Waals surface area (Å²) in [4.78, 5) is 3.69. The van der Waals surface area contributed by atoms with Crippen LogP contribution in [0.15, 0.2) is 43.0 Å². The van der Waals surface area contributed by atoms with Crippen molar-refractivity contribution in [1.29, 1.82) is 0 Å². The third kappa shape index (κ3) is 1.86. The molecule has 2 heterocycles. The van der Waals surface area contributed by atoms with Gasteiger partial charge in [-0.25, -0.2) is 0 Å². The summed E-state index contributed by atoms with van der Waals surface area (Å²) in [6.45, 7) is 0. The van der Waals surface area contributed by atoms with Gasteiger partial charge in [0, 0.05) is 18.6 Å². The molecule has 0 unspecified atom stereocenters. The fourth-order valence-corrected chi connectivity index (χ4v) is 1.33. The van der Waals surface area contributed by atoms with Crippen LogP contribution in [0.2, 0.25) is 0 Å². The van der Waals surface area contributed by atoms with Gasteiger partial charge in [0.2, 0.25) is 0 Å². The normalized spacial score (nSPS) is 11.7. The fraction of sp³-hybridized carbons (Fsp3) is 0.100. The summed E-state index contributed by atoms with van der Waals surface area (Å²) in [5.74, 6) is 0. The minimum absolute atomic E-state index is 0.0370. The Balaban J connectivity index is 2.58. The van der Waals surface area contributed by atoms with Gasteiger partial charge < -0.3 is 4.57 Å². The third-order valence-electron chi connectivity index (χ3n) is 1.99. The lowest BCUT2D eigenvalue weighted by molar-refractivity contribution is -0.137. The van der Waals surface area contributed by atoms with E-state index in [1.807, 2.05) is 0 Å². The summed E-state index contributed by atoms with van der Waals surface area (Å²) in [5, 5.41) is 0. The van der Waals surface area contributed by atoms with Gasteiger partial charge >= 0.3 is 6.18 Å². The average Bonchev–Trinajstić information content (AvgIpc) is 2.69. The molecule has 0 bridgehead atoms. The highest BCUT2D eigenvalue weighted by molar-refractivity contribution is 5.40. The number of aromatic nitrogens is 2. The third-order valence-corrected chi connectivity index (χ3v) is 1.99. The van der Waals surface area contributed by atoms with Crippen LogP contribution in [0.3, 0.4) is 0 Å². The maximum Gasteiger partial charge on any atom is 0.418 e. The van der Waals surface area contributed by atoms with Crippen LogP contribution in [0.4, 0.5) is 13.2 Å². The molecule has 0 aromatic carbocycles. The van der Waals surface area contributed by atoms with E-state index in [0.717, 1.165) is 12.3 Å². The predicted octanol–water partition coefficient (Wildman–Crippen LogP) is 2.89. The van der Waals surface area contributed by atoms with Crippen LogP contribution < -0.4 is 0 Å². The Morgan fingerprint density at radius 1 is 1.13 bits per heavy atom. The second-order valence-corrected chi connectivity index (χ2v) is 2.98. The number of alkyl halides is 3. The van der Waals surface area contributed by atoms with Crippen LogP contribution in [-0.2, 0) is 6.18 Å². The standard InChI is InChI=1S/C10H7F3N2/c11-10(12,13)8-3-4-14-7-9(8)15-5-1-2-6-15/h1-7H. The highest BCUT2D eigenvalue weighted by Gasteiger charge is 2.33. The van der Waals surface area contributed by atoms with Crippen molar-refractivity contribution >= 4 is 0 Å². The molecule has 0 aliphatic carbocycles. The van der Waals surface area contributed by atoms with Gasteiger partial charge in [0.15, 0.2) is 0 Å². The lowest BCUT2D eigenvalue weighted by Crippen LogP contribution is -2.10. The Bertz CT molecular complexity index is 446. The van der Waals surface area contributed by atoms with E-state index in [1.54, 1.807) is 24.5 Å². The van der Waals surface area contributed by atoms with E-state index in [2.05, 4.69) is 4.98 Å². The monoisotopic (exact) mass is 212 g/mol. The van der Waals surface area contributed by atoms with Gasteiger partial charge in [0.1, 0.15) is 0 Å². The zero-order valence-electron chi connectivity index (χ0n) is 7.57. The molecule has 2 rings (SSSR count). The smallest absolute Gasteiger partial charge is 0.322 e. The maximum atomic E-state index is 12.6. The maximum absolute atomic E-state index is 12.6. The van der Waals surface area contributed by atoms with Crippen LogP contribution in [-0.4, -0.2) is 9.55 Å². The van der Waals surface area contributed by atoms with Crippen molar-refractivity contribution in [3.63, 3.8) is 0 Å². The number of nitrogens with zero attached hydrogens (tertiary/aromatic N) is 2. The van der Waals surface area contributed by atoms with E-state index in [1.165, 1.54) is 10.8 Å². The Labute approximate surface area is 84.0 Å². The molecule has 78 valence electrons. The zero-order chi connectivity index (χ0) is 10.9. The minimum atomic E-state index is -4.36. The molecular weight excluding hydrogens is 205 g/mol. The molecule has 0 amide bonds. The molecule has 0 atom stereocenters. The van der Waals surface area contributed by atoms with Crippen molar-refractivity contribution in [3.8, 4) is 5.69 Å². The molecule has 0 N–H and O–H groups in total. The molecule has 0 saturated heterocycles. The van der Waals surface area contributed by atoms with Crippen molar-refractivity contribution < 1.29 is 13.2 Å². The summed E-state index contributed by atoms with van der Waals surface area (Å²) >= 11 is 0. The first-order chi connectivity index (χ1) is 7.09. The van der Waals surface area contributed by atoms with Crippen LogP contribution >= 0.6 is 0 Å². The summed E-state index contributed by atoms with van der Waals surface area (Å²) < 4.78 is 39.2. The van der Waals surface area contributed by atoms with E-state index in [0.29, 0.717) is 0 Å². The number of hydrogen-bond donors (Lipinski definition) is 0. The molecule has 0 fully saturated rings. The summed E-state index contributed by atoms with van der Waals surface area (Å²) in [5.41, 5.74) is -0.649. The molecule has 0 radical (unpaired) electrons. The topological polar surface area (TPSA) is 17.8 Å².